The van der Waals surface area contributed by atoms with Crippen molar-refractivity contribution in [3.05, 3.63) is 18.2 Å². The zero-order chi connectivity index (χ0) is 50.0. The molecular formula is C40H66N12O14. The summed E-state index contributed by atoms with van der Waals surface area (Å²) in [5.41, 5.74) is 10.8. The van der Waals surface area contributed by atoms with Gasteiger partial charge in [-0.05, 0) is 51.4 Å². The van der Waals surface area contributed by atoms with Crippen LogP contribution in [0.25, 0.3) is 0 Å². The van der Waals surface area contributed by atoms with Gasteiger partial charge in [-0.1, -0.05) is 27.7 Å². The lowest BCUT2D eigenvalue weighted by atomic mass is 10.00. The predicted molar refractivity (Wildman–Crippen MR) is 230 cm³/mol. The van der Waals surface area contributed by atoms with Gasteiger partial charge >= 0.3 is 5.97 Å². The fourth-order valence-corrected chi connectivity index (χ4v) is 6.88. The largest absolute Gasteiger partial charge is 0.480 e. The van der Waals surface area contributed by atoms with Crippen molar-refractivity contribution in [2.45, 2.75) is 141 Å². The molecule has 9 amide bonds. The quantitative estimate of drug-likeness (QED) is 0.0391. The number of nitrogens with two attached hydrogens (primary N) is 2. The number of nitrogens with one attached hydrogen (secondary N) is 8. The highest BCUT2D eigenvalue weighted by Gasteiger charge is 2.41. The molecule has 0 spiro atoms. The van der Waals surface area contributed by atoms with E-state index in [1.54, 1.807) is 27.7 Å². The predicted octanol–water partition coefficient (Wildman–Crippen LogP) is -5.90. The van der Waals surface area contributed by atoms with Gasteiger partial charge in [-0.3, -0.25) is 43.2 Å². The molecule has 370 valence electrons. The lowest BCUT2D eigenvalue weighted by Gasteiger charge is -2.32. The number of imidazole rings is 1. The second-order valence-electron chi connectivity index (χ2n) is 16.8. The molecule has 0 bridgehead atoms. The summed E-state index contributed by atoms with van der Waals surface area (Å²) in [6, 6.07) is -11.7. The highest BCUT2D eigenvalue weighted by molar-refractivity contribution is 5.98. The summed E-state index contributed by atoms with van der Waals surface area (Å²) in [5.74, 6) is -10.2. The number of aliphatic hydroxyl groups is 3. The van der Waals surface area contributed by atoms with Crippen LogP contribution in [0.1, 0.15) is 79.3 Å². The van der Waals surface area contributed by atoms with E-state index in [1.165, 1.54) is 24.3 Å². The Morgan fingerprint density at radius 1 is 0.758 bits per heavy atom. The Morgan fingerprint density at radius 2 is 1.32 bits per heavy atom. The van der Waals surface area contributed by atoms with E-state index >= 15 is 0 Å². The molecule has 66 heavy (non-hydrogen) atoms. The number of carbonyl (C=O) groups is 10. The minimum atomic E-state index is -1.81. The van der Waals surface area contributed by atoms with Crippen molar-refractivity contribution in [1.82, 2.24) is 52.1 Å². The third-order valence-corrected chi connectivity index (χ3v) is 10.5. The number of nitrogens with zero attached hydrogens (tertiary/aromatic N) is 2. The Kier molecular flexibility index (Phi) is 22.6. The molecule has 10 atom stereocenters. The van der Waals surface area contributed by atoms with Gasteiger partial charge in [0.15, 0.2) is 6.04 Å². The molecule has 1 saturated heterocycles. The third-order valence-electron chi connectivity index (χ3n) is 10.5. The number of likely N-dealkylation sites (tertiary alicyclic amines) is 1. The summed E-state index contributed by atoms with van der Waals surface area (Å²) in [4.78, 5) is 138. The Morgan fingerprint density at radius 3 is 1.83 bits per heavy atom. The number of amides is 9. The van der Waals surface area contributed by atoms with Gasteiger partial charge in [-0.15, -0.1) is 0 Å². The monoisotopic (exact) mass is 938 g/mol. The number of rotatable bonds is 27. The first kappa shape index (κ1) is 55.9. The van der Waals surface area contributed by atoms with Crippen LogP contribution in [0.15, 0.2) is 12.5 Å². The van der Waals surface area contributed by atoms with Gasteiger partial charge < -0.3 is 79.0 Å². The minimum Gasteiger partial charge on any atom is -0.480 e. The van der Waals surface area contributed by atoms with Crippen molar-refractivity contribution in [3.63, 3.8) is 0 Å². The minimum absolute atomic E-state index is 0.0906. The van der Waals surface area contributed by atoms with Crippen LogP contribution in [-0.4, -0.2) is 175 Å². The van der Waals surface area contributed by atoms with E-state index in [0.29, 0.717) is 12.1 Å². The van der Waals surface area contributed by atoms with Gasteiger partial charge in [0.05, 0.1) is 31.7 Å². The number of primary amides is 1. The Labute approximate surface area is 380 Å². The number of aromatic nitrogens is 2. The Bertz CT molecular complexity index is 1860. The van der Waals surface area contributed by atoms with Crippen LogP contribution in [0.4, 0.5) is 0 Å². The molecule has 0 aliphatic carbocycles. The van der Waals surface area contributed by atoms with Crippen LogP contribution in [0, 0.1) is 11.8 Å². The number of carboxylic acid groups (broad SMARTS) is 1. The molecule has 2 rings (SSSR count). The van der Waals surface area contributed by atoms with E-state index in [0.717, 1.165) is 6.92 Å². The zero-order valence-electron chi connectivity index (χ0n) is 37.9. The van der Waals surface area contributed by atoms with E-state index in [9.17, 15) is 68.4 Å². The molecule has 1 fully saturated rings. The van der Waals surface area contributed by atoms with E-state index in [1.807, 2.05) is 0 Å². The van der Waals surface area contributed by atoms with Crippen molar-refractivity contribution in [1.29, 1.82) is 0 Å². The van der Waals surface area contributed by atoms with Gasteiger partial charge in [0.2, 0.25) is 53.2 Å². The molecule has 26 heteroatoms. The number of carboxylic acids is 1. The molecule has 1 aliphatic rings. The molecule has 26 nitrogen and oxygen atoms in total. The van der Waals surface area contributed by atoms with Crippen LogP contribution in [0.2, 0.25) is 0 Å². The lowest BCUT2D eigenvalue weighted by Crippen LogP contribution is -2.63. The summed E-state index contributed by atoms with van der Waals surface area (Å²) in [6.45, 7) is 7.67. The van der Waals surface area contributed by atoms with Crippen molar-refractivity contribution < 1.29 is 68.4 Å². The fourth-order valence-electron chi connectivity index (χ4n) is 6.88. The summed E-state index contributed by atoms with van der Waals surface area (Å²) in [7, 11) is 0. The average Bonchev–Trinajstić information content (AvgIpc) is 3.95. The van der Waals surface area contributed by atoms with Gasteiger partial charge in [0, 0.05) is 31.3 Å². The van der Waals surface area contributed by atoms with E-state index in [2.05, 4.69) is 47.2 Å². The molecule has 0 saturated carbocycles. The second-order valence-corrected chi connectivity index (χ2v) is 16.8. The number of aliphatic hydroxyl groups excluding tert-OH is 3. The normalized spacial score (nSPS) is 17.7. The van der Waals surface area contributed by atoms with Crippen LogP contribution >= 0.6 is 0 Å². The maximum Gasteiger partial charge on any atom is 0.328 e. The van der Waals surface area contributed by atoms with Crippen molar-refractivity contribution in [2.24, 2.45) is 23.3 Å². The molecule has 0 unspecified atom stereocenters. The van der Waals surface area contributed by atoms with Gasteiger partial charge in [0.25, 0.3) is 0 Å². The maximum atomic E-state index is 14.2. The van der Waals surface area contributed by atoms with E-state index in [-0.39, 0.29) is 44.6 Å². The number of aliphatic carboxylic acids is 1. The third kappa shape index (κ3) is 17.3. The first-order chi connectivity index (χ1) is 30.9. The second kappa shape index (κ2) is 26.6. The lowest BCUT2D eigenvalue weighted by molar-refractivity contribution is -0.146. The van der Waals surface area contributed by atoms with Crippen molar-refractivity contribution in [2.75, 3.05) is 19.7 Å². The van der Waals surface area contributed by atoms with Crippen LogP contribution in [0.5, 0.6) is 0 Å². The summed E-state index contributed by atoms with van der Waals surface area (Å²) < 4.78 is 0. The van der Waals surface area contributed by atoms with E-state index < -0.39 is 139 Å². The van der Waals surface area contributed by atoms with E-state index in [4.69, 9.17) is 11.5 Å². The Balaban J connectivity index is 2.32. The molecular weight excluding hydrogens is 873 g/mol. The summed E-state index contributed by atoms with van der Waals surface area (Å²) in [6.07, 6.45) is -0.655. The van der Waals surface area contributed by atoms with Gasteiger partial charge in [-0.2, -0.15) is 0 Å². The molecule has 16 N–H and O–H groups in total. The maximum absolute atomic E-state index is 14.2. The highest BCUT2D eigenvalue weighted by atomic mass is 16.4. The standard InChI is InChI=1S/C40H66N12O14/c1-18(2)12-24(34(59)51-32(21(6)55)40(65)66)46-37(62)27-8-7-11-52(27)39(64)30(19(3)4)49-35(60)25(13-22-15-43-17-44-22)47-38(63)31(20(5)54)50-36(61)26(16-53)48-33(58)23(9-10-28(42)56)45-29(57)14-41/h15,17-21,23-27,30-32,53-55H,7-14,16,41H2,1-6H3,(H2,42,56)(H,43,44)(H,45,57)(H,46,62)(H,47,63)(H,48,58)(H,49,60)(H,50,61)(H,51,59)(H,65,66)/t20-,21-,23+,24+,25+,26+,27+,30+,31+,32+/m1/s1. The number of hydrogen-bond acceptors (Lipinski definition) is 15. The SMILES string of the molecule is CC(C)C[C@H](NC(=O)[C@@H]1CCCN1C(=O)[C@@H](NC(=O)[C@H](Cc1cnc[nH]1)NC(=O)[C@@H](NC(=O)[C@H](CO)NC(=O)[C@H](CCC(N)=O)NC(=O)CN)[C@@H](C)O)C(C)C)C(=O)N[C@H](C(=O)O)[C@@H](C)O. The molecule has 1 aromatic heterocycles. The molecule has 0 radical (unpaired) electrons. The van der Waals surface area contributed by atoms with Crippen LogP contribution in [-0.2, 0) is 54.4 Å². The fraction of sp³-hybridized carbons (Fsp3) is 0.675. The zero-order valence-corrected chi connectivity index (χ0v) is 37.9. The average molecular weight is 939 g/mol. The number of aromatic amines is 1. The molecule has 2 heterocycles. The molecule has 0 aromatic carbocycles. The van der Waals surface area contributed by atoms with Crippen molar-refractivity contribution >= 4 is 59.1 Å². The highest BCUT2D eigenvalue weighted by Crippen LogP contribution is 2.21. The number of hydrogen-bond donors (Lipinski definition) is 14. The summed E-state index contributed by atoms with van der Waals surface area (Å²) >= 11 is 0. The summed E-state index contributed by atoms with van der Waals surface area (Å²) in [5, 5.41) is 56.7. The first-order valence-corrected chi connectivity index (χ1v) is 21.5. The smallest absolute Gasteiger partial charge is 0.328 e. The number of H-pyrrole nitrogens is 1. The molecule has 1 aliphatic heterocycles. The Hall–Kier alpha value is -6.25. The van der Waals surface area contributed by atoms with Gasteiger partial charge in [0.1, 0.15) is 42.3 Å². The van der Waals surface area contributed by atoms with Crippen LogP contribution in [0.3, 0.4) is 0 Å². The first-order valence-electron chi connectivity index (χ1n) is 21.5. The molecule has 1 aromatic rings. The van der Waals surface area contributed by atoms with Crippen LogP contribution < -0.4 is 48.7 Å². The van der Waals surface area contributed by atoms with Gasteiger partial charge in [-0.25, -0.2) is 9.78 Å². The topological polar surface area (TPSA) is 420 Å². The number of carbonyl (C=O) groups excluding carboxylic acids is 9. The van der Waals surface area contributed by atoms with Crippen molar-refractivity contribution in [3.8, 4) is 0 Å².